The molecule has 0 bridgehead atoms. The fraction of sp³-hybridized carbons (Fsp3) is 0.571. The Morgan fingerprint density at radius 2 is 2.03 bits per heavy atom. The molecule has 1 saturated heterocycles. The predicted molar refractivity (Wildman–Crippen MR) is 117 cm³/mol. The molecule has 0 aromatic carbocycles. The quantitative estimate of drug-likeness (QED) is 0.521. The Bertz CT molecular complexity index is 1030. The van der Waals surface area contributed by atoms with Crippen LogP contribution in [0.3, 0.4) is 0 Å². The number of hydrogen-bond acceptors (Lipinski definition) is 6. The summed E-state index contributed by atoms with van der Waals surface area (Å²) in [5.41, 5.74) is 0.958. The highest BCUT2D eigenvalue weighted by Crippen LogP contribution is 2.48. The van der Waals surface area contributed by atoms with Gasteiger partial charge >= 0.3 is 6.09 Å². The van der Waals surface area contributed by atoms with E-state index >= 15 is 0 Å². The third-order valence-electron chi connectivity index (χ3n) is 5.91. The average Bonchev–Trinajstić information content (AvgIpc) is 3.18. The van der Waals surface area contributed by atoms with Crippen molar-refractivity contribution < 1.29 is 19.1 Å². The van der Waals surface area contributed by atoms with Gasteiger partial charge in [0, 0.05) is 45.6 Å². The van der Waals surface area contributed by atoms with Gasteiger partial charge in [0.25, 0.3) is 0 Å². The maximum absolute atomic E-state index is 13.2. The lowest BCUT2D eigenvalue weighted by Crippen LogP contribution is -2.44. The van der Waals surface area contributed by atoms with Gasteiger partial charge in [-0.3, -0.25) is 19.3 Å². The van der Waals surface area contributed by atoms with Crippen molar-refractivity contribution in [3.8, 4) is 0 Å². The minimum absolute atomic E-state index is 0.0319. The minimum Gasteiger partial charge on any atom is -0.425 e. The van der Waals surface area contributed by atoms with Crippen molar-refractivity contribution >= 4 is 36.8 Å². The Hall–Kier alpha value is -2.75. The van der Waals surface area contributed by atoms with Gasteiger partial charge in [-0.05, 0) is 24.4 Å². The molecule has 166 valence electrons. The fourth-order valence-electron chi connectivity index (χ4n) is 4.18. The number of ketones is 1. The molecule has 31 heavy (non-hydrogen) atoms. The topological polar surface area (TPSA) is 106 Å². The second kappa shape index (κ2) is 8.06. The molecule has 1 N–H and O–H groups in total. The molecule has 2 amide bonds. The monoisotopic (exact) mass is 443 g/mol. The Labute approximate surface area is 182 Å². The number of pyridine rings is 1. The van der Waals surface area contributed by atoms with E-state index in [0.29, 0.717) is 35.5 Å². The molecule has 0 spiro atoms. The summed E-state index contributed by atoms with van der Waals surface area (Å²) in [7, 11) is -1.25. The number of alkyl carbamates (subject to hydrolysis) is 1. The van der Waals surface area contributed by atoms with Gasteiger partial charge in [0.1, 0.15) is 12.2 Å². The second-order valence-corrected chi connectivity index (χ2v) is 15.3. The molecule has 9 nitrogen and oxygen atoms in total. The molecule has 2 fully saturated rings. The average molecular weight is 444 g/mol. The summed E-state index contributed by atoms with van der Waals surface area (Å²) in [5.74, 6) is 0.0443. The molecule has 1 saturated carbocycles. The summed E-state index contributed by atoms with van der Waals surface area (Å²) in [6.45, 7) is 8.75. The molecule has 1 aliphatic heterocycles. The van der Waals surface area contributed by atoms with E-state index in [1.807, 2.05) is 0 Å². The molecule has 0 unspecified atom stereocenters. The van der Waals surface area contributed by atoms with Crippen LogP contribution in [0.25, 0.3) is 10.9 Å². The van der Waals surface area contributed by atoms with Crippen molar-refractivity contribution in [1.29, 1.82) is 0 Å². The minimum atomic E-state index is -1.25. The van der Waals surface area contributed by atoms with Gasteiger partial charge in [-0.2, -0.15) is 5.10 Å². The van der Waals surface area contributed by atoms with Crippen molar-refractivity contribution in [2.45, 2.75) is 64.3 Å². The van der Waals surface area contributed by atoms with Crippen LogP contribution in [0.4, 0.5) is 4.79 Å². The molecule has 4 rings (SSSR count). The molecular formula is C21H29N5O4Si. The van der Waals surface area contributed by atoms with Crippen molar-refractivity contribution in [2.24, 2.45) is 5.92 Å². The van der Waals surface area contributed by atoms with Gasteiger partial charge in [0.05, 0.1) is 11.7 Å². The van der Waals surface area contributed by atoms with Gasteiger partial charge in [-0.1, -0.05) is 19.6 Å². The standard InChI is InChI=1S/C21H29N5O4Si/c1-13(27)20-15-5-6-22-11-17(15)25(24-20)12-18(28)26-16-9-14(16)10-19(26)30-21(29)23-7-8-31(2,3)4/h5-6,11,14,16,19H,7-10,12H2,1-4H3,(H,23,29)/t14-,16-,19+/m1/s1. The molecule has 3 atom stereocenters. The number of nitrogens with one attached hydrogen (secondary N) is 1. The maximum atomic E-state index is 13.2. The summed E-state index contributed by atoms with van der Waals surface area (Å²) in [5, 5.41) is 7.85. The summed E-state index contributed by atoms with van der Waals surface area (Å²) in [4.78, 5) is 43.2. The smallest absolute Gasteiger partial charge is 0.409 e. The number of likely N-dealkylation sites (tertiary alicyclic amines) is 1. The SMILES string of the molecule is CC(=O)c1nn(CC(=O)N2[C@@H](OC(=O)NCC[Si](C)(C)C)C[C@H]3C[C@H]32)c2cnccc12. The number of ether oxygens (including phenoxy) is 1. The Kier molecular flexibility index (Phi) is 5.59. The lowest BCUT2D eigenvalue weighted by atomic mass is 10.2. The van der Waals surface area contributed by atoms with E-state index in [9.17, 15) is 14.4 Å². The number of piperidine rings is 1. The number of Topliss-reactive ketones (excluding diaryl/α,β-unsaturated/α-hetero) is 1. The number of hydrogen-bond donors (Lipinski definition) is 1. The summed E-state index contributed by atoms with van der Waals surface area (Å²) >= 11 is 0. The fourth-order valence-corrected chi connectivity index (χ4v) is 5.05. The normalized spacial score (nSPS) is 22.3. The molecule has 2 aromatic rings. The first-order chi connectivity index (χ1) is 14.6. The summed E-state index contributed by atoms with van der Waals surface area (Å²) in [6, 6.07) is 2.81. The van der Waals surface area contributed by atoms with Crippen LogP contribution in [-0.4, -0.2) is 64.3 Å². The van der Waals surface area contributed by atoms with E-state index in [1.165, 1.54) is 11.6 Å². The van der Waals surface area contributed by atoms with Crippen LogP contribution in [0.5, 0.6) is 0 Å². The molecule has 10 heteroatoms. The predicted octanol–water partition coefficient (Wildman–Crippen LogP) is 2.65. The van der Waals surface area contributed by atoms with Crippen LogP contribution < -0.4 is 5.32 Å². The number of carbonyl (C=O) groups is 3. The van der Waals surface area contributed by atoms with E-state index in [-0.39, 0.29) is 24.3 Å². The van der Waals surface area contributed by atoms with Gasteiger partial charge in [0.2, 0.25) is 5.91 Å². The van der Waals surface area contributed by atoms with Crippen molar-refractivity contribution in [3.05, 3.63) is 24.2 Å². The van der Waals surface area contributed by atoms with Crippen LogP contribution in [0, 0.1) is 5.92 Å². The zero-order chi connectivity index (χ0) is 22.3. The lowest BCUT2D eigenvalue weighted by molar-refractivity contribution is -0.140. The summed E-state index contributed by atoms with van der Waals surface area (Å²) in [6.07, 6.45) is 3.76. The first-order valence-corrected chi connectivity index (χ1v) is 14.4. The second-order valence-electron chi connectivity index (χ2n) is 9.65. The first kappa shape index (κ1) is 21.5. The number of amides is 2. The number of aromatic nitrogens is 3. The van der Waals surface area contributed by atoms with E-state index in [2.05, 4.69) is 35.0 Å². The maximum Gasteiger partial charge on any atom is 0.409 e. The van der Waals surface area contributed by atoms with Crippen LogP contribution in [0.15, 0.2) is 18.5 Å². The Balaban J connectivity index is 1.44. The van der Waals surface area contributed by atoms with E-state index in [1.54, 1.807) is 23.4 Å². The number of rotatable bonds is 7. The highest BCUT2D eigenvalue weighted by molar-refractivity contribution is 6.76. The zero-order valence-corrected chi connectivity index (χ0v) is 19.4. The van der Waals surface area contributed by atoms with Crippen LogP contribution in [0.1, 0.15) is 30.3 Å². The van der Waals surface area contributed by atoms with Crippen molar-refractivity contribution in [2.75, 3.05) is 6.54 Å². The van der Waals surface area contributed by atoms with Crippen molar-refractivity contribution in [3.63, 3.8) is 0 Å². The molecule has 2 aromatic heterocycles. The van der Waals surface area contributed by atoms with Crippen molar-refractivity contribution in [1.82, 2.24) is 25.0 Å². The van der Waals surface area contributed by atoms with Crippen LogP contribution in [0.2, 0.25) is 25.7 Å². The molecular weight excluding hydrogens is 414 g/mol. The van der Waals surface area contributed by atoms with E-state index < -0.39 is 20.4 Å². The molecule has 3 heterocycles. The van der Waals surface area contributed by atoms with Crippen LogP contribution >= 0.6 is 0 Å². The lowest BCUT2D eigenvalue weighted by Gasteiger charge is -2.27. The van der Waals surface area contributed by atoms with Gasteiger partial charge in [0.15, 0.2) is 12.0 Å². The van der Waals surface area contributed by atoms with E-state index in [0.717, 1.165) is 12.5 Å². The number of nitrogens with zero attached hydrogens (tertiary/aromatic N) is 4. The first-order valence-electron chi connectivity index (χ1n) is 10.7. The van der Waals surface area contributed by atoms with Gasteiger partial charge in [-0.25, -0.2) is 4.79 Å². The molecule has 1 aliphatic carbocycles. The molecule has 2 aliphatic rings. The van der Waals surface area contributed by atoms with Crippen LogP contribution in [-0.2, 0) is 16.1 Å². The highest BCUT2D eigenvalue weighted by Gasteiger charge is 2.55. The molecule has 0 radical (unpaired) electrons. The number of fused-ring (bicyclic) bond motifs is 2. The van der Waals surface area contributed by atoms with E-state index in [4.69, 9.17) is 4.74 Å². The third-order valence-corrected chi connectivity index (χ3v) is 7.66. The van der Waals surface area contributed by atoms with Gasteiger partial charge in [-0.15, -0.1) is 0 Å². The zero-order valence-electron chi connectivity index (χ0n) is 18.4. The number of carbonyl (C=O) groups excluding carboxylic acids is 3. The summed E-state index contributed by atoms with van der Waals surface area (Å²) < 4.78 is 7.12. The largest absolute Gasteiger partial charge is 0.425 e. The third kappa shape index (κ3) is 4.63. The Morgan fingerprint density at radius 1 is 1.26 bits per heavy atom. The highest BCUT2D eigenvalue weighted by atomic mass is 28.3. The Morgan fingerprint density at radius 3 is 2.74 bits per heavy atom. The van der Waals surface area contributed by atoms with Gasteiger partial charge < -0.3 is 15.0 Å².